The van der Waals surface area contributed by atoms with Gasteiger partial charge >= 0.3 is 5.97 Å². The molecule has 0 saturated carbocycles. The Labute approximate surface area is 240 Å². The molecule has 0 aliphatic carbocycles. The van der Waals surface area contributed by atoms with E-state index < -0.39 is 5.97 Å². The van der Waals surface area contributed by atoms with Crippen LogP contribution in [0.25, 0.3) is 0 Å². The van der Waals surface area contributed by atoms with E-state index in [0.29, 0.717) is 0 Å². The summed E-state index contributed by atoms with van der Waals surface area (Å²) in [4.78, 5) is 24.4. The highest BCUT2D eigenvalue weighted by atomic mass is 32.2. The van der Waals surface area contributed by atoms with Gasteiger partial charge in [-0.25, -0.2) is 4.79 Å². The second-order valence-corrected chi connectivity index (χ2v) is 10.2. The van der Waals surface area contributed by atoms with E-state index in [1.165, 1.54) is 12.1 Å². The van der Waals surface area contributed by atoms with Crippen LogP contribution in [0.1, 0.15) is 82.0 Å². The maximum Gasteiger partial charge on any atom is 0.341 e. The molecule has 6 heteroatoms. The van der Waals surface area contributed by atoms with Gasteiger partial charge < -0.3 is 15.2 Å². The minimum Gasteiger partial charge on any atom is -0.507 e. The molecule has 1 aromatic carbocycles. The predicted molar refractivity (Wildman–Crippen MR) is 166 cm³/mol. The number of nitrogens with one attached hydrogen (secondary N) is 1. The molecule has 2 N–H and O–H groups in total. The minimum absolute atomic E-state index is 0.0288. The van der Waals surface area contributed by atoms with Crippen molar-refractivity contribution in [2.75, 3.05) is 18.9 Å². The molecule has 1 amide bonds. The summed E-state index contributed by atoms with van der Waals surface area (Å²) in [5, 5.41) is 12.4. The first-order valence-electron chi connectivity index (χ1n) is 14.2. The molecular weight excluding hydrogens is 506 g/mol. The van der Waals surface area contributed by atoms with Crippen molar-refractivity contribution in [2.24, 2.45) is 0 Å². The number of esters is 1. The van der Waals surface area contributed by atoms with E-state index in [9.17, 15) is 14.7 Å². The Hall–Kier alpha value is -2.99. The molecule has 0 aliphatic rings. The van der Waals surface area contributed by atoms with Crippen molar-refractivity contribution < 1.29 is 19.4 Å². The van der Waals surface area contributed by atoms with Crippen molar-refractivity contribution in [3.63, 3.8) is 0 Å². The van der Waals surface area contributed by atoms with Crippen LogP contribution in [0.4, 0.5) is 0 Å². The average Bonchev–Trinajstić information content (AvgIpc) is 2.94. The molecule has 39 heavy (non-hydrogen) atoms. The van der Waals surface area contributed by atoms with E-state index in [0.717, 1.165) is 63.5 Å². The first kappa shape index (κ1) is 34.0. The highest BCUT2D eigenvalue weighted by Gasteiger charge is 2.16. The number of hydrogen-bond acceptors (Lipinski definition) is 5. The first-order chi connectivity index (χ1) is 19.1. The van der Waals surface area contributed by atoms with Crippen molar-refractivity contribution in [1.82, 2.24) is 5.32 Å². The lowest BCUT2D eigenvalue weighted by molar-refractivity contribution is -0.120. The number of benzene rings is 1. The van der Waals surface area contributed by atoms with Gasteiger partial charge in [0.2, 0.25) is 5.91 Å². The molecule has 0 aliphatic heterocycles. The summed E-state index contributed by atoms with van der Waals surface area (Å²) in [5.74, 6) is 0.198. The van der Waals surface area contributed by atoms with Crippen LogP contribution < -0.4 is 5.32 Å². The summed E-state index contributed by atoms with van der Waals surface area (Å²) in [6.07, 6.45) is 31.2. The third-order valence-electron chi connectivity index (χ3n) is 5.66. The minimum atomic E-state index is -0.601. The van der Waals surface area contributed by atoms with Gasteiger partial charge in [-0.3, -0.25) is 4.79 Å². The van der Waals surface area contributed by atoms with Crippen LogP contribution in [0.15, 0.2) is 85.0 Å². The molecular formula is C33H47NO4S. The lowest BCUT2D eigenvalue weighted by atomic mass is 10.2. The number of thioether (sulfide) groups is 1. The second-order valence-electron chi connectivity index (χ2n) is 8.92. The Morgan fingerprint density at radius 3 is 2.05 bits per heavy atom. The predicted octanol–water partition coefficient (Wildman–Crippen LogP) is 8.10. The van der Waals surface area contributed by atoms with Gasteiger partial charge in [0.15, 0.2) is 0 Å². The molecule has 1 aromatic rings. The number of hydrogen-bond donors (Lipinski definition) is 2. The van der Waals surface area contributed by atoms with Crippen molar-refractivity contribution in [1.29, 1.82) is 0 Å². The zero-order chi connectivity index (χ0) is 28.4. The number of ether oxygens (including phenoxy) is 1. The molecule has 214 valence electrons. The summed E-state index contributed by atoms with van der Waals surface area (Å²) < 4.78 is 5.14. The fraction of sp³-hybridized carbons (Fsp3) is 0.455. The number of allylic oxidation sites excluding steroid dienone is 10. The number of carbonyl (C=O) groups excluding carboxylic acids is 2. The zero-order valence-corrected chi connectivity index (χ0v) is 24.5. The van der Waals surface area contributed by atoms with Crippen LogP contribution >= 0.6 is 11.8 Å². The largest absolute Gasteiger partial charge is 0.507 e. The molecule has 5 nitrogen and oxygen atoms in total. The fourth-order valence-corrected chi connectivity index (χ4v) is 4.62. The van der Waals surface area contributed by atoms with Crippen molar-refractivity contribution in [3.05, 3.63) is 90.6 Å². The molecule has 0 spiro atoms. The Balaban J connectivity index is 2.05. The lowest BCUT2D eigenvalue weighted by Gasteiger charge is -2.14. The molecule has 0 unspecified atom stereocenters. The number of unbranched alkanes of at least 4 members (excludes halogenated alkanes) is 2. The van der Waals surface area contributed by atoms with Crippen LogP contribution in [0.5, 0.6) is 5.75 Å². The molecule has 1 atom stereocenters. The molecule has 0 radical (unpaired) electrons. The first-order valence-corrected chi connectivity index (χ1v) is 15.2. The van der Waals surface area contributed by atoms with Gasteiger partial charge in [0.05, 0.1) is 11.8 Å². The zero-order valence-electron chi connectivity index (χ0n) is 23.7. The molecule has 0 heterocycles. The second kappa shape index (κ2) is 24.1. The molecule has 0 saturated heterocycles. The standard InChI is InChI=1S/C33H47NO4S/c1-3-5-6-7-8-9-10-11-12-13-14-15-16-17-18-19-20-23-28-39-31(4-2)32(36)34-26-27-38-33(37)29-24-21-22-25-30(29)35/h5-6,8-9,11-12,14-15,17-18,21-22,24-25,31,35H,3-4,7,10,13,16,19-20,23,26-28H2,1-2H3,(H,34,36)/t31-/m0/s1. The Morgan fingerprint density at radius 2 is 1.46 bits per heavy atom. The monoisotopic (exact) mass is 553 g/mol. The molecule has 0 fully saturated rings. The van der Waals surface area contributed by atoms with Crippen molar-refractivity contribution in [3.8, 4) is 5.75 Å². The number of phenols is 1. The van der Waals surface area contributed by atoms with E-state index in [-0.39, 0.29) is 35.6 Å². The normalized spacial score (nSPS) is 12.9. The van der Waals surface area contributed by atoms with Gasteiger partial charge in [-0.15, -0.1) is 11.8 Å². The van der Waals surface area contributed by atoms with E-state index in [4.69, 9.17) is 4.74 Å². The van der Waals surface area contributed by atoms with Crippen molar-refractivity contribution in [2.45, 2.75) is 76.9 Å². The third kappa shape index (κ3) is 18.0. The van der Waals surface area contributed by atoms with Gasteiger partial charge in [-0.1, -0.05) is 86.7 Å². The van der Waals surface area contributed by atoms with Crippen molar-refractivity contribution >= 4 is 23.6 Å². The van der Waals surface area contributed by atoms with E-state index >= 15 is 0 Å². The van der Waals surface area contributed by atoms with Gasteiger partial charge in [0.1, 0.15) is 17.9 Å². The van der Waals surface area contributed by atoms with Crippen LogP contribution in [-0.2, 0) is 9.53 Å². The molecule has 0 bridgehead atoms. The number of para-hydroxylation sites is 1. The Bertz CT molecular complexity index is 949. The van der Waals surface area contributed by atoms with Gasteiger partial charge in [-0.2, -0.15) is 0 Å². The van der Waals surface area contributed by atoms with Gasteiger partial charge in [-0.05, 0) is 75.7 Å². The number of aromatic hydroxyl groups is 1. The van der Waals surface area contributed by atoms with Crippen LogP contribution in [-0.4, -0.2) is 41.1 Å². The van der Waals surface area contributed by atoms with Crippen LogP contribution in [0.2, 0.25) is 0 Å². The quantitative estimate of drug-likeness (QED) is 0.0914. The van der Waals surface area contributed by atoms with Crippen LogP contribution in [0, 0.1) is 0 Å². The maximum absolute atomic E-state index is 12.4. The van der Waals surface area contributed by atoms with E-state index in [2.05, 4.69) is 73.0 Å². The Kier molecular flexibility index (Phi) is 21.0. The number of amides is 1. The highest BCUT2D eigenvalue weighted by Crippen LogP contribution is 2.18. The maximum atomic E-state index is 12.4. The van der Waals surface area contributed by atoms with Crippen LogP contribution in [0.3, 0.4) is 0 Å². The number of rotatable bonds is 21. The summed E-state index contributed by atoms with van der Waals surface area (Å²) in [6, 6.07) is 6.23. The van der Waals surface area contributed by atoms with E-state index in [1.54, 1.807) is 23.9 Å². The summed E-state index contributed by atoms with van der Waals surface area (Å²) >= 11 is 1.68. The third-order valence-corrected chi connectivity index (χ3v) is 7.14. The average molecular weight is 554 g/mol. The molecule has 1 rings (SSSR count). The SMILES string of the molecule is CCC=CCC=CCC=CCC=CCC=CCCCCS[C@@H](CC)C(=O)NCCOC(=O)c1ccccc1O. The number of carbonyl (C=O) groups is 2. The highest BCUT2D eigenvalue weighted by molar-refractivity contribution is 8.00. The smallest absolute Gasteiger partial charge is 0.341 e. The molecule has 0 aromatic heterocycles. The van der Waals surface area contributed by atoms with Gasteiger partial charge in [0.25, 0.3) is 0 Å². The Morgan fingerprint density at radius 1 is 0.872 bits per heavy atom. The van der Waals surface area contributed by atoms with E-state index in [1.807, 2.05) is 6.92 Å². The summed E-state index contributed by atoms with van der Waals surface area (Å²) in [7, 11) is 0. The topological polar surface area (TPSA) is 75.6 Å². The fourth-order valence-electron chi connectivity index (χ4n) is 3.49. The lowest BCUT2D eigenvalue weighted by Crippen LogP contribution is -2.35. The van der Waals surface area contributed by atoms with Gasteiger partial charge in [0, 0.05) is 0 Å². The summed E-state index contributed by atoms with van der Waals surface area (Å²) in [6.45, 7) is 4.47. The number of phenolic OH excluding ortho intramolecular Hbond substituents is 1. The summed E-state index contributed by atoms with van der Waals surface area (Å²) in [5.41, 5.74) is 0.121.